The van der Waals surface area contributed by atoms with E-state index in [4.69, 9.17) is 15.8 Å². The summed E-state index contributed by atoms with van der Waals surface area (Å²) in [7, 11) is -3.55. The number of fused-ring (bicyclic) bond motifs is 1. The van der Waals surface area contributed by atoms with Crippen molar-refractivity contribution in [2.24, 2.45) is 5.73 Å². The quantitative estimate of drug-likeness (QED) is 0.474. The maximum absolute atomic E-state index is 13.8. The van der Waals surface area contributed by atoms with Crippen molar-refractivity contribution in [1.82, 2.24) is 19.5 Å². The molecule has 3 N–H and O–H groups in total. The number of hydrogen-bond acceptors (Lipinski definition) is 7. The van der Waals surface area contributed by atoms with Crippen molar-refractivity contribution >= 4 is 33.1 Å². The van der Waals surface area contributed by atoms with Crippen molar-refractivity contribution < 1.29 is 13.2 Å². The molecule has 1 saturated heterocycles. The van der Waals surface area contributed by atoms with Gasteiger partial charge in [0.2, 0.25) is 10.0 Å². The van der Waals surface area contributed by atoms with Crippen LogP contribution < -0.4 is 15.4 Å². The molecule has 2 atom stereocenters. The lowest BCUT2D eigenvalue weighted by Crippen LogP contribution is -2.35. The fraction of sp³-hybridized carbons (Fsp3) is 0.480. The molecule has 194 valence electrons. The molecule has 1 fully saturated rings. The van der Waals surface area contributed by atoms with Crippen LogP contribution in [0.15, 0.2) is 30.5 Å². The molecule has 2 aromatic heterocycles. The van der Waals surface area contributed by atoms with Crippen LogP contribution in [0.2, 0.25) is 0 Å². The number of carbonyl (C=O) groups is 1. The molecule has 1 amide bonds. The Balaban J connectivity index is 1.70. The highest BCUT2D eigenvalue weighted by molar-refractivity contribution is 7.92. The third-order valence-corrected chi connectivity index (χ3v) is 7.15. The molecule has 0 spiro atoms. The maximum Gasteiger partial charge on any atom is 0.256 e. The molecule has 3 heterocycles. The fourth-order valence-electron chi connectivity index (χ4n) is 4.86. The standard InChI is InChI=1S/C25H35N7O3S/c1-6-22(31(7-2)25(33)19-12-16(3)8-9-20(19)29-36(5,34)35)21-13-23-27-24(17(4)14-32(23)28-21)30-11-10-18(26)15-30/h8-9,12-14,18,22,29H,6-7,10-11,15,26H2,1-5H3/t18-,22-/m0/s1. The van der Waals surface area contributed by atoms with E-state index < -0.39 is 10.0 Å². The molecule has 1 aliphatic rings. The second-order valence-electron chi connectivity index (χ2n) is 9.55. The average molecular weight is 514 g/mol. The summed E-state index contributed by atoms with van der Waals surface area (Å²) >= 11 is 0. The number of amides is 1. The van der Waals surface area contributed by atoms with Gasteiger partial charge in [-0.25, -0.2) is 17.9 Å². The van der Waals surface area contributed by atoms with Crippen molar-refractivity contribution in [3.05, 3.63) is 52.8 Å². The van der Waals surface area contributed by atoms with Crippen LogP contribution in [0.1, 0.15) is 59.9 Å². The van der Waals surface area contributed by atoms with E-state index >= 15 is 0 Å². The first kappa shape index (κ1) is 25.9. The van der Waals surface area contributed by atoms with Crippen LogP contribution in [0.5, 0.6) is 0 Å². The first-order valence-electron chi connectivity index (χ1n) is 12.3. The first-order valence-corrected chi connectivity index (χ1v) is 14.2. The molecular formula is C25H35N7O3S. The van der Waals surface area contributed by atoms with E-state index in [1.807, 2.05) is 40.0 Å². The molecule has 0 saturated carbocycles. The van der Waals surface area contributed by atoms with Gasteiger partial charge in [0.15, 0.2) is 5.65 Å². The maximum atomic E-state index is 13.8. The lowest BCUT2D eigenvalue weighted by Gasteiger charge is -2.30. The molecule has 0 unspecified atom stereocenters. The van der Waals surface area contributed by atoms with Gasteiger partial charge >= 0.3 is 0 Å². The highest BCUT2D eigenvalue weighted by Crippen LogP contribution is 2.30. The van der Waals surface area contributed by atoms with Gasteiger partial charge in [-0.15, -0.1) is 0 Å². The SMILES string of the molecule is CC[C@@H](c1cc2nc(N3CC[C@H](N)C3)c(C)cn2n1)N(CC)C(=O)c1cc(C)ccc1NS(C)(=O)=O. The summed E-state index contributed by atoms with van der Waals surface area (Å²) in [6, 6.07) is 6.89. The van der Waals surface area contributed by atoms with Gasteiger partial charge in [0.1, 0.15) is 5.82 Å². The monoisotopic (exact) mass is 513 g/mol. The number of rotatable bonds is 8. The van der Waals surface area contributed by atoms with Crippen LogP contribution in [0, 0.1) is 13.8 Å². The van der Waals surface area contributed by atoms with Crippen molar-refractivity contribution in [1.29, 1.82) is 0 Å². The molecule has 11 heteroatoms. The van der Waals surface area contributed by atoms with Gasteiger partial charge < -0.3 is 15.5 Å². The number of anilines is 2. The predicted molar refractivity (Wildman–Crippen MR) is 142 cm³/mol. The van der Waals surface area contributed by atoms with Crippen LogP contribution in [-0.4, -0.2) is 65.8 Å². The lowest BCUT2D eigenvalue weighted by molar-refractivity contribution is 0.0679. The number of nitrogens with two attached hydrogens (primary N) is 1. The number of hydrogen-bond donors (Lipinski definition) is 2. The zero-order valence-corrected chi connectivity index (χ0v) is 22.3. The second kappa shape index (κ2) is 10.1. The van der Waals surface area contributed by atoms with Crippen LogP contribution in [0.3, 0.4) is 0 Å². The van der Waals surface area contributed by atoms with Gasteiger partial charge in [0.25, 0.3) is 5.91 Å². The molecule has 3 aromatic rings. The van der Waals surface area contributed by atoms with E-state index in [9.17, 15) is 13.2 Å². The molecule has 4 rings (SSSR count). The summed E-state index contributed by atoms with van der Waals surface area (Å²) < 4.78 is 28.1. The Labute approximate surface area is 212 Å². The summed E-state index contributed by atoms with van der Waals surface area (Å²) in [6.07, 6.45) is 4.61. The molecule has 1 aliphatic heterocycles. The van der Waals surface area contributed by atoms with Crippen molar-refractivity contribution in [2.45, 2.75) is 52.6 Å². The predicted octanol–water partition coefficient (Wildman–Crippen LogP) is 2.87. The molecule has 0 aliphatic carbocycles. The summed E-state index contributed by atoms with van der Waals surface area (Å²) in [5, 5.41) is 4.78. The average Bonchev–Trinajstić information content (AvgIpc) is 3.42. The summed E-state index contributed by atoms with van der Waals surface area (Å²) in [5.41, 5.74) is 10.0. The molecular weight excluding hydrogens is 478 g/mol. The molecule has 1 aromatic carbocycles. The minimum absolute atomic E-state index is 0.153. The van der Waals surface area contributed by atoms with E-state index in [1.54, 1.807) is 27.6 Å². The highest BCUT2D eigenvalue weighted by Gasteiger charge is 2.29. The van der Waals surface area contributed by atoms with Gasteiger partial charge in [-0.1, -0.05) is 18.6 Å². The Kier molecular flexibility index (Phi) is 7.24. The molecule has 0 bridgehead atoms. The third-order valence-electron chi connectivity index (χ3n) is 6.55. The normalized spacial score (nSPS) is 16.9. The van der Waals surface area contributed by atoms with Gasteiger partial charge in [0, 0.05) is 43.5 Å². The van der Waals surface area contributed by atoms with Crippen LogP contribution in [-0.2, 0) is 10.0 Å². The molecule has 0 radical (unpaired) electrons. The Hall–Kier alpha value is -3.18. The second-order valence-corrected chi connectivity index (χ2v) is 11.3. The minimum Gasteiger partial charge on any atom is -0.355 e. The fourth-order valence-corrected chi connectivity index (χ4v) is 5.43. The van der Waals surface area contributed by atoms with Crippen molar-refractivity contribution in [3.63, 3.8) is 0 Å². The largest absolute Gasteiger partial charge is 0.355 e. The Morgan fingerprint density at radius 1 is 1.28 bits per heavy atom. The van der Waals surface area contributed by atoms with Crippen LogP contribution in [0.4, 0.5) is 11.5 Å². The van der Waals surface area contributed by atoms with Gasteiger partial charge in [-0.3, -0.25) is 9.52 Å². The molecule has 36 heavy (non-hydrogen) atoms. The smallest absolute Gasteiger partial charge is 0.256 e. The summed E-state index contributed by atoms with van der Waals surface area (Å²) in [6.45, 7) is 9.89. The Bertz CT molecular complexity index is 1390. The van der Waals surface area contributed by atoms with Crippen LogP contribution in [0.25, 0.3) is 5.65 Å². The number of nitrogens with one attached hydrogen (secondary N) is 1. The third kappa shape index (κ3) is 5.31. The molecule has 10 nitrogen and oxygen atoms in total. The van der Waals surface area contributed by atoms with E-state index in [2.05, 4.69) is 9.62 Å². The van der Waals surface area contributed by atoms with E-state index in [-0.39, 0.29) is 23.7 Å². The van der Waals surface area contributed by atoms with Crippen molar-refractivity contribution in [2.75, 3.05) is 35.5 Å². The zero-order chi connectivity index (χ0) is 26.2. The number of benzene rings is 1. The first-order chi connectivity index (χ1) is 17.0. The van der Waals surface area contributed by atoms with Gasteiger partial charge in [0.05, 0.1) is 29.2 Å². The Morgan fingerprint density at radius 2 is 2.03 bits per heavy atom. The number of aryl methyl sites for hydroxylation is 2. The van der Waals surface area contributed by atoms with E-state index in [1.165, 1.54) is 0 Å². The van der Waals surface area contributed by atoms with Crippen LogP contribution >= 0.6 is 0 Å². The number of aromatic nitrogens is 3. The lowest BCUT2D eigenvalue weighted by atomic mass is 10.0. The number of carbonyl (C=O) groups excluding carboxylic acids is 1. The van der Waals surface area contributed by atoms with Gasteiger partial charge in [-0.05, 0) is 45.7 Å². The number of nitrogens with zero attached hydrogens (tertiary/aromatic N) is 5. The summed E-state index contributed by atoms with van der Waals surface area (Å²) in [4.78, 5) is 22.6. The van der Waals surface area contributed by atoms with Crippen molar-refractivity contribution in [3.8, 4) is 0 Å². The highest BCUT2D eigenvalue weighted by atomic mass is 32.2. The van der Waals surface area contributed by atoms with Gasteiger partial charge in [-0.2, -0.15) is 5.10 Å². The van der Waals surface area contributed by atoms with E-state index in [0.29, 0.717) is 24.2 Å². The zero-order valence-electron chi connectivity index (χ0n) is 21.5. The Morgan fingerprint density at radius 3 is 2.64 bits per heavy atom. The topological polar surface area (TPSA) is 126 Å². The number of sulfonamides is 1. The summed E-state index contributed by atoms with van der Waals surface area (Å²) in [5.74, 6) is 0.654. The minimum atomic E-state index is -3.55. The van der Waals surface area contributed by atoms with E-state index in [0.717, 1.165) is 48.4 Å².